The fourth-order valence-corrected chi connectivity index (χ4v) is 2.77. The molecule has 0 rings (SSSR count). The van der Waals surface area contributed by atoms with Crippen LogP contribution in [0.4, 0.5) is 61.5 Å². The highest BCUT2D eigenvalue weighted by atomic mass is 32.1. The SMILES string of the molecule is FC(F)(F)C(F)(CCCCC(CCN=C=S)CC(F)(C(F)(F)F)C(F)(F)F)C(F)(F)F. The molecule has 31 heavy (non-hydrogen) atoms. The molecule has 0 fully saturated rings. The first-order valence-electron chi connectivity index (χ1n) is 8.32. The number of nitrogens with zero attached hydrogens (tertiary/aromatic N) is 1. The zero-order valence-electron chi connectivity index (χ0n) is 15.2. The van der Waals surface area contributed by atoms with Crippen LogP contribution < -0.4 is 0 Å². The molecule has 0 aromatic rings. The Bertz CT molecular complexity index is 583. The third kappa shape index (κ3) is 7.43. The van der Waals surface area contributed by atoms with E-state index in [1.807, 2.05) is 0 Å². The van der Waals surface area contributed by atoms with Gasteiger partial charge in [-0.2, -0.15) is 52.7 Å². The molecule has 16 heteroatoms. The second-order valence-corrected chi connectivity index (χ2v) is 6.85. The number of hydrogen-bond acceptors (Lipinski definition) is 2. The minimum absolute atomic E-state index is 0.516. The molecular weight excluding hydrogens is 492 g/mol. The Morgan fingerprint density at radius 3 is 1.39 bits per heavy atom. The highest BCUT2D eigenvalue weighted by Crippen LogP contribution is 2.51. The largest absolute Gasteiger partial charge is 0.431 e. The first kappa shape index (κ1) is 29.8. The third-order valence-electron chi connectivity index (χ3n) is 4.46. The van der Waals surface area contributed by atoms with Crippen LogP contribution in [0, 0.1) is 5.92 Å². The van der Waals surface area contributed by atoms with Crippen molar-refractivity contribution in [3.63, 3.8) is 0 Å². The van der Waals surface area contributed by atoms with Crippen molar-refractivity contribution < 1.29 is 61.5 Å². The zero-order valence-corrected chi connectivity index (χ0v) is 16.0. The monoisotopic (exact) mass is 507 g/mol. The van der Waals surface area contributed by atoms with Crippen LogP contribution >= 0.6 is 12.2 Å². The number of halogens is 14. The number of aliphatic imine (C=N–C) groups is 1. The normalized spacial score (nSPS) is 15.5. The Labute approximate surface area is 171 Å². The Kier molecular flexibility index (Phi) is 9.79. The first-order chi connectivity index (χ1) is 13.6. The van der Waals surface area contributed by atoms with Gasteiger partial charge in [-0.15, -0.1) is 0 Å². The number of rotatable bonds is 10. The van der Waals surface area contributed by atoms with Crippen LogP contribution in [0.2, 0.25) is 0 Å². The Balaban J connectivity index is 5.42. The van der Waals surface area contributed by atoms with E-state index in [2.05, 4.69) is 17.2 Å². The van der Waals surface area contributed by atoms with Gasteiger partial charge in [0.2, 0.25) is 0 Å². The molecule has 0 saturated carbocycles. The van der Waals surface area contributed by atoms with Gasteiger partial charge in [-0.3, -0.25) is 0 Å². The molecule has 1 nitrogen and oxygen atoms in total. The van der Waals surface area contributed by atoms with E-state index in [-0.39, 0.29) is 0 Å². The molecule has 0 amide bonds. The number of alkyl halides is 14. The number of isothiocyanates is 1. The second-order valence-electron chi connectivity index (χ2n) is 6.67. The lowest BCUT2D eigenvalue weighted by atomic mass is 9.84. The van der Waals surface area contributed by atoms with Crippen molar-refractivity contribution in [1.29, 1.82) is 0 Å². The average molecular weight is 507 g/mol. The molecule has 0 aromatic carbocycles. The molecule has 0 bridgehead atoms. The van der Waals surface area contributed by atoms with Crippen LogP contribution in [0.15, 0.2) is 4.99 Å². The van der Waals surface area contributed by atoms with E-state index in [1.165, 1.54) is 0 Å². The smallest absolute Gasteiger partial charge is 0.233 e. The van der Waals surface area contributed by atoms with Gasteiger partial charge in [0.25, 0.3) is 11.3 Å². The maximum absolute atomic E-state index is 13.9. The van der Waals surface area contributed by atoms with E-state index >= 15 is 0 Å². The molecule has 0 saturated heterocycles. The van der Waals surface area contributed by atoms with Crippen LogP contribution in [0.25, 0.3) is 0 Å². The van der Waals surface area contributed by atoms with Crippen molar-refractivity contribution in [1.82, 2.24) is 0 Å². The van der Waals surface area contributed by atoms with Gasteiger partial charge in [-0.25, -0.2) is 13.8 Å². The van der Waals surface area contributed by atoms with Gasteiger partial charge in [-0.1, -0.05) is 12.8 Å². The lowest BCUT2D eigenvalue weighted by Gasteiger charge is -2.33. The lowest BCUT2D eigenvalue weighted by molar-refractivity contribution is -0.346. The molecule has 0 spiro atoms. The molecule has 0 aliphatic carbocycles. The van der Waals surface area contributed by atoms with Crippen molar-refractivity contribution in [2.75, 3.05) is 6.54 Å². The van der Waals surface area contributed by atoms with Gasteiger partial charge < -0.3 is 0 Å². The number of hydrogen-bond donors (Lipinski definition) is 0. The van der Waals surface area contributed by atoms with Gasteiger partial charge in [0, 0.05) is 13.0 Å². The summed E-state index contributed by atoms with van der Waals surface area (Å²) in [4.78, 5) is 3.22. The molecule has 184 valence electrons. The standard InChI is InChI=1S/C15H15F14NS/c16-10(12(18,19)20,13(21,22)23)5-2-1-3-9(4-6-30-8-31)7-11(17,14(24,25)26)15(27,28)29/h9H,1-7H2. The summed E-state index contributed by atoms with van der Waals surface area (Å²) in [5.74, 6) is -1.81. The molecule has 0 aliphatic rings. The van der Waals surface area contributed by atoms with E-state index in [1.54, 1.807) is 5.16 Å². The maximum atomic E-state index is 13.9. The topological polar surface area (TPSA) is 12.4 Å². The minimum atomic E-state index is -6.39. The lowest BCUT2D eigenvalue weighted by Crippen LogP contribution is -2.54. The summed E-state index contributed by atoms with van der Waals surface area (Å²) in [6, 6.07) is 0. The summed E-state index contributed by atoms with van der Waals surface area (Å²) >= 11 is 4.14. The van der Waals surface area contributed by atoms with E-state index in [9.17, 15) is 61.5 Å². The number of unbranched alkanes of at least 4 members (excludes halogenated alkanes) is 1. The van der Waals surface area contributed by atoms with E-state index in [0.29, 0.717) is 0 Å². The van der Waals surface area contributed by atoms with E-state index in [0.717, 1.165) is 0 Å². The Morgan fingerprint density at radius 2 is 1.03 bits per heavy atom. The van der Waals surface area contributed by atoms with Crippen LogP contribution in [0.5, 0.6) is 0 Å². The van der Waals surface area contributed by atoms with Crippen molar-refractivity contribution in [3.05, 3.63) is 0 Å². The molecule has 1 unspecified atom stereocenters. The fraction of sp³-hybridized carbons (Fsp3) is 0.933. The number of thiocarbonyl (C=S) groups is 1. The molecule has 0 heterocycles. The molecule has 1 atom stereocenters. The van der Waals surface area contributed by atoms with E-state index < -0.39 is 87.0 Å². The van der Waals surface area contributed by atoms with Crippen LogP contribution in [-0.4, -0.2) is 47.7 Å². The summed E-state index contributed by atoms with van der Waals surface area (Å²) in [5, 5.41) is 1.74. The van der Waals surface area contributed by atoms with Gasteiger partial charge in [0.1, 0.15) is 0 Å². The highest BCUT2D eigenvalue weighted by molar-refractivity contribution is 7.78. The Morgan fingerprint density at radius 1 is 0.613 bits per heavy atom. The third-order valence-corrected chi connectivity index (χ3v) is 4.59. The molecule has 0 radical (unpaired) electrons. The van der Waals surface area contributed by atoms with Crippen molar-refractivity contribution in [2.45, 2.75) is 74.6 Å². The average Bonchev–Trinajstić information content (AvgIpc) is 2.54. The summed E-state index contributed by atoms with van der Waals surface area (Å²) < 4.78 is 178. The van der Waals surface area contributed by atoms with Gasteiger partial charge in [-0.05, 0) is 37.4 Å². The van der Waals surface area contributed by atoms with Crippen molar-refractivity contribution in [2.24, 2.45) is 10.9 Å². The Hall–Kier alpha value is -1.18. The fourth-order valence-electron chi connectivity index (χ4n) is 2.68. The van der Waals surface area contributed by atoms with Gasteiger partial charge >= 0.3 is 24.7 Å². The summed E-state index contributed by atoms with van der Waals surface area (Å²) in [5.41, 5.74) is -11.3. The predicted molar refractivity (Wildman–Crippen MR) is 83.0 cm³/mol. The highest BCUT2D eigenvalue weighted by Gasteiger charge is 2.73. The second kappa shape index (κ2) is 10.2. The summed E-state index contributed by atoms with van der Waals surface area (Å²) in [6.45, 7) is -0.516. The van der Waals surface area contributed by atoms with Crippen LogP contribution in [-0.2, 0) is 0 Å². The molecular formula is C15H15F14NS. The van der Waals surface area contributed by atoms with Crippen LogP contribution in [0.3, 0.4) is 0 Å². The van der Waals surface area contributed by atoms with E-state index in [4.69, 9.17) is 0 Å². The maximum Gasteiger partial charge on any atom is 0.431 e. The molecule has 0 aliphatic heterocycles. The predicted octanol–water partition coefficient (Wildman–Crippen LogP) is 7.71. The van der Waals surface area contributed by atoms with Gasteiger partial charge in [0.15, 0.2) is 0 Å². The minimum Gasteiger partial charge on any atom is -0.233 e. The molecule has 0 aromatic heterocycles. The summed E-state index contributed by atoms with van der Waals surface area (Å²) in [6.07, 6.45) is -33.4. The van der Waals surface area contributed by atoms with Gasteiger partial charge in [0.05, 0.1) is 5.16 Å². The quantitative estimate of drug-likeness (QED) is 0.128. The van der Waals surface area contributed by atoms with Crippen molar-refractivity contribution >= 4 is 17.4 Å². The first-order valence-corrected chi connectivity index (χ1v) is 8.73. The zero-order chi connectivity index (χ0) is 24.9. The molecule has 0 N–H and O–H groups in total. The van der Waals surface area contributed by atoms with Crippen molar-refractivity contribution in [3.8, 4) is 0 Å². The summed E-state index contributed by atoms with van der Waals surface area (Å²) in [7, 11) is 0. The van der Waals surface area contributed by atoms with Crippen LogP contribution in [0.1, 0.15) is 38.5 Å².